The van der Waals surface area contributed by atoms with Crippen molar-refractivity contribution in [1.29, 1.82) is 0 Å². The number of fused-ring (bicyclic) bond motifs is 4. The van der Waals surface area contributed by atoms with Crippen LogP contribution in [-0.4, -0.2) is 129 Å². The number of H-pyrrole nitrogens is 1. The van der Waals surface area contributed by atoms with E-state index in [4.69, 9.17) is 29.7 Å². The summed E-state index contributed by atoms with van der Waals surface area (Å²) >= 11 is 0. The van der Waals surface area contributed by atoms with Gasteiger partial charge in [-0.1, -0.05) is 24.3 Å². The van der Waals surface area contributed by atoms with Crippen molar-refractivity contribution >= 4 is 60.9 Å². The molecule has 13 rings (SSSR count). The number of nitro groups is 1. The molecule has 1 amide bonds. The van der Waals surface area contributed by atoms with Gasteiger partial charge in [-0.15, -0.1) is 0 Å². The van der Waals surface area contributed by atoms with Crippen molar-refractivity contribution in [1.82, 2.24) is 19.9 Å². The van der Waals surface area contributed by atoms with Crippen LogP contribution in [0.2, 0.25) is 0 Å². The fraction of sp³-hybridized carbons (Fsp3) is 0.446. The molecule has 1 aliphatic carbocycles. The van der Waals surface area contributed by atoms with E-state index in [1.165, 1.54) is 17.2 Å². The van der Waals surface area contributed by atoms with Crippen molar-refractivity contribution in [3.8, 4) is 11.6 Å². The smallest absolute Gasteiger partial charge is 0.297 e. The summed E-state index contributed by atoms with van der Waals surface area (Å²) in [6, 6.07) is 22.2. The average Bonchev–Trinajstić information content (AvgIpc) is 4.05. The van der Waals surface area contributed by atoms with Crippen LogP contribution in [0.3, 0.4) is 0 Å². The minimum absolute atomic E-state index is 0.0265. The summed E-state index contributed by atoms with van der Waals surface area (Å²) in [6.07, 6.45) is 10.5. The number of piperazine rings is 1. The van der Waals surface area contributed by atoms with Crippen molar-refractivity contribution in [2.24, 2.45) is 17.1 Å². The standard InChI is InChI=1S/C56H62N10O9S/c1-34-5-2-3-7-40(34)47-31-63(37-6-4-16-58-30-37)20-21-64(47)38-28-56(29-38)14-18-62(19-15-56)44-9-8-41(53(57)67)51(65-43-13-24-73-33-49(43)75-55-46(65)25-36-10-17-59-54(36)61-55)52(44)76(70,71)39-26-45(66(68)69)50-48(27-39)74-32-42(60-50)35-11-22-72-23-12-35/h2-10,16-17,25-27,30,35,38,42-43,47,49,60H,11-15,18-24,28-29,31-33H2,1H3,(H2,57,67)(H,59,61)/t42-,43-,47-,49-/m0/s1. The summed E-state index contributed by atoms with van der Waals surface area (Å²) in [5.74, 6) is -0.390. The number of carbonyl (C=O) groups is 1. The molecule has 396 valence electrons. The molecule has 3 aromatic heterocycles. The first-order valence-electron chi connectivity index (χ1n) is 26.7. The number of nitrogens with zero attached hydrogens (tertiary/aromatic N) is 7. The third-order valence-corrected chi connectivity index (χ3v) is 19.4. The molecule has 0 unspecified atom stereocenters. The Kier molecular flexibility index (Phi) is 12.3. The zero-order valence-corrected chi connectivity index (χ0v) is 43.3. The van der Waals surface area contributed by atoms with Crippen LogP contribution in [0.5, 0.6) is 11.6 Å². The normalized spacial score (nSPS) is 23.9. The van der Waals surface area contributed by atoms with Crippen molar-refractivity contribution < 1.29 is 37.1 Å². The zero-order chi connectivity index (χ0) is 51.9. The first kappa shape index (κ1) is 48.6. The van der Waals surface area contributed by atoms with Crippen molar-refractivity contribution in [2.45, 2.75) is 91.9 Å². The Bertz CT molecular complexity index is 3340. The van der Waals surface area contributed by atoms with Crippen molar-refractivity contribution in [3.63, 3.8) is 0 Å². The maximum absolute atomic E-state index is 16.2. The molecule has 9 heterocycles. The third kappa shape index (κ3) is 8.44. The van der Waals surface area contributed by atoms with E-state index in [-0.39, 0.29) is 75.0 Å². The highest BCUT2D eigenvalue weighted by Crippen LogP contribution is 2.56. The molecule has 3 aromatic carbocycles. The predicted molar refractivity (Wildman–Crippen MR) is 286 cm³/mol. The van der Waals surface area contributed by atoms with Gasteiger partial charge >= 0.3 is 0 Å². The summed E-state index contributed by atoms with van der Waals surface area (Å²) < 4.78 is 56.9. The molecule has 0 bridgehead atoms. The van der Waals surface area contributed by atoms with Crippen LogP contribution in [0.1, 0.15) is 72.5 Å². The number of benzene rings is 3. The van der Waals surface area contributed by atoms with E-state index < -0.39 is 38.5 Å². The number of sulfone groups is 1. The molecular weight excluding hydrogens is 989 g/mol. The number of amides is 1. The number of primary amides is 1. The van der Waals surface area contributed by atoms with Crippen LogP contribution in [0, 0.1) is 28.4 Å². The molecule has 76 heavy (non-hydrogen) atoms. The monoisotopic (exact) mass is 1050 g/mol. The Morgan fingerprint density at radius 1 is 0.908 bits per heavy atom. The quantitative estimate of drug-likeness (QED) is 0.0883. The van der Waals surface area contributed by atoms with Gasteiger partial charge in [0.1, 0.15) is 28.9 Å². The zero-order valence-electron chi connectivity index (χ0n) is 42.4. The summed E-state index contributed by atoms with van der Waals surface area (Å²) in [6.45, 7) is 7.83. The third-order valence-electron chi connectivity index (χ3n) is 17.6. The molecule has 19 nitrogen and oxygen atoms in total. The number of ether oxygens (including phenoxy) is 4. The highest BCUT2D eigenvalue weighted by atomic mass is 32.2. The Labute approximate surface area is 440 Å². The molecule has 1 spiro atoms. The molecule has 4 saturated heterocycles. The second-order valence-electron chi connectivity index (χ2n) is 21.8. The van der Waals surface area contributed by atoms with Crippen LogP contribution in [0.25, 0.3) is 11.0 Å². The lowest BCUT2D eigenvalue weighted by molar-refractivity contribution is -0.384. The largest absolute Gasteiger partial charge is 0.489 e. The summed E-state index contributed by atoms with van der Waals surface area (Å²) in [7, 11) is -4.79. The topological polar surface area (TPSA) is 224 Å². The van der Waals surface area contributed by atoms with E-state index in [1.54, 1.807) is 18.3 Å². The van der Waals surface area contributed by atoms with Crippen LogP contribution in [0.15, 0.2) is 101 Å². The highest BCUT2D eigenvalue weighted by molar-refractivity contribution is 7.91. The van der Waals surface area contributed by atoms with Crippen LogP contribution in [0.4, 0.5) is 34.1 Å². The summed E-state index contributed by atoms with van der Waals surface area (Å²) in [5, 5.41) is 17.2. The number of nitro benzene ring substituents is 1. The van der Waals surface area contributed by atoms with Gasteiger partial charge in [0, 0.05) is 88.5 Å². The van der Waals surface area contributed by atoms with E-state index in [0.29, 0.717) is 62.4 Å². The highest BCUT2D eigenvalue weighted by Gasteiger charge is 2.51. The maximum Gasteiger partial charge on any atom is 0.297 e. The Morgan fingerprint density at radius 2 is 1.72 bits per heavy atom. The number of pyridine rings is 2. The van der Waals surface area contributed by atoms with Gasteiger partial charge in [0.05, 0.1) is 63.4 Å². The first-order chi connectivity index (χ1) is 36.9. The number of nitrogens with two attached hydrogens (primary N) is 1. The van der Waals surface area contributed by atoms with E-state index in [0.717, 1.165) is 75.3 Å². The number of hydrogen-bond acceptors (Lipinski definition) is 16. The number of hydrogen-bond donors (Lipinski definition) is 3. The Morgan fingerprint density at radius 3 is 2.50 bits per heavy atom. The summed E-state index contributed by atoms with van der Waals surface area (Å²) in [5.41, 5.74) is 11.3. The molecule has 4 atom stereocenters. The molecule has 5 fully saturated rings. The fourth-order valence-electron chi connectivity index (χ4n) is 13.5. The van der Waals surface area contributed by atoms with Gasteiger partial charge in [0.15, 0.2) is 11.4 Å². The molecular formula is C56H62N10O9S. The van der Waals surface area contributed by atoms with E-state index in [9.17, 15) is 14.9 Å². The molecule has 1 saturated carbocycles. The number of rotatable bonds is 10. The van der Waals surface area contributed by atoms with Gasteiger partial charge < -0.3 is 49.7 Å². The molecule has 6 aromatic rings. The minimum atomic E-state index is -4.79. The number of nitrogens with one attached hydrogen (secondary N) is 2. The van der Waals surface area contributed by atoms with Gasteiger partial charge in [-0.05, 0) is 111 Å². The molecule has 20 heteroatoms. The number of aromatic nitrogens is 3. The van der Waals surface area contributed by atoms with Crippen LogP contribution in [-0.2, 0) is 19.3 Å². The SMILES string of the molecule is Cc1ccccc1[C@@H]1CN(c2cccnc2)CCN1C1CC2(CCN(c3ccc(C(N)=O)c(N4c5cc6cc[nH]c6nc5O[C@H]5COCC[C@@H]54)c3S(=O)(=O)c3cc4c(c([N+](=O)[O-])c3)N[C@H](C3CCOCC3)CO4)CC2)C1. The fourth-order valence-corrected chi connectivity index (χ4v) is 15.2. The average molecular weight is 1050 g/mol. The first-order valence-corrected chi connectivity index (χ1v) is 28.2. The van der Waals surface area contributed by atoms with Gasteiger partial charge in [-0.3, -0.25) is 24.8 Å². The molecule has 7 aliphatic rings. The second kappa shape index (κ2) is 19.2. The van der Waals surface area contributed by atoms with Crippen LogP contribution < -0.4 is 35.2 Å². The second-order valence-corrected chi connectivity index (χ2v) is 23.7. The maximum atomic E-state index is 16.2. The van der Waals surface area contributed by atoms with Crippen molar-refractivity contribution in [3.05, 3.63) is 118 Å². The molecule has 4 N–H and O–H groups in total. The van der Waals surface area contributed by atoms with Gasteiger partial charge in [0.25, 0.3) is 11.6 Å². The van der Waals surface area contributed by atoms with E-state index >= 15 is 8.42 Å². The number of carbonyl (C=O) groups excluding carboxylic acids is 1. The van der Waals surface area contributed by atoms with E-state index in [2.05, 4.69) is 67.2 Å². The van der Waals surface area contributed by atoms with Gasteiger partial charge in [-0.2, -0.15) is 4.98 Å². The predicted octanol–water partition coefficient (Wildman–Crippen LogP) is 7.71. The number of aromatic amines is 1. The molecule has 0 radical (unpaired) electrons. The lowest BCUT2D eigenvalue weighted by Gasteiger charge is -2.58. The minimum Gasteiger partial charge on any atom is -0.489 e. The molecule has 6 aliphatic heterocycles. The van der Waals surface area contributed by atoms with Crippen molar-refractivity contribution in [2.75, 3.05) is 85.8 Å². The Balaban J connectivity index is 0.881. The number of piperidine rings is 1. The number of aryl methyl sites for hydroxylation is 1. The lowest BCUT2D eigenvalue weighted by atomic mass is 9.59. The Hall–Kier alpha value is -7.00. The number of anilines is 5. The summed E-state index contributed by atoms with van der Waals surface area (Å²) in [4.78, 5) is 47.6. The van der Waals surface area contributed by atoms with Gasteiger partial charge in [-0.25, -0.2) is 8.42 Å². The lowest BCUT2D eigenvalue weighted by Crippen LogP contribution is -2.60. The van der Waals surface area contributed by atoms with Crippen LogP contribution >= 0.6 is 0 Å². The van der Waals surface area contributed by atoms with Gasteiger partial charge in [0.2, 0.25) is 15.7 Å². The van der Waals surface area contributed by atoms with E-state index in [1.807, 2.05) is 35.5 Å².